The molecule has 0 aliphatic carbocycles. The van der Waals surface area contributed by atoms with Crippen molar-refractivity contribution in [3.8, 4) is 11.3 Å². The summed E-state index contributed by atoms with van der Waals surface area (Å²) in [6, 6.07) is 0. The maximum Gasteiger partial charge on any atom is 0.211 e. The maximum absolute atomic E-state index is 11.7. The molecule has 3 rings (SSSR count). The summed E-state index contributed by atoms with van der Waals surface area (Å²) in [5.74, 6) is 1.18. The van der Waals surface area contributed by atoms with Crippen LogP contribution >= 0.6 is 11.8 Å². The zero-order valence-corrected chi connectivity index (χ0v) is 16.0. The Hall–Kier alpha value is -1.52. The lowest BCUT2D eigenvalue weighted by atomic mass is 10.00. The summed E-state index contributed by atoms with van der Waals surface area (Å²) in [6.07, 6.45) is 8.52. The Bertz CT molecular complexity index is 806. The summed E-state index contributed by atoms with van der Waals surface area (Å²) in [7, 11) is -3.13. The van der Waals surface area contributed by atoms with Gasteiger partial charge in [0.25, 0.3) is 0 Å². The Kier molecular flexibility index (Phi) is 5.70. The van der Waals surface area contributed by atoms with E-state index in [1.807, 2.05) is 6.20 Å². The average Bonchev–Trinajstić information content (AvgIpc) is 3.04. The highest BCUT2D eigenvalue weighted by Gasteiger charge is 2.26. The van der Waals surface area contributed by atoms with Gasteiger partial charge in [0.2, 0.25) is 10.0 Å². The molecule has 8 nitrogen and oxygen atoms in total. The van der Waals surface area contributed by atoms with Crippen LogP contribution in [0.15, 0.2) is 23.7 Å². The monoisotopic (exact) mass is 382 g/mol. The van der Waals surface area contributed by atoms with E-state index in [1.165, 1.54) is 6.26 Å². The van der Waals surface area contributed by atoms with Crippen molar-refractivity contribution in [2.45, 2.75) is 31.5 Å². The first-order chi connectivity index (χ1) is 12.0. The maximum atomic E-state index is 11.7. The molecule has 10 heteroatoms. The molecule has 0 amide bonds. The van der Waals surface area contributed by atoms with Crippen LogP contribution in [0.4, 0.5) is 0 Å². The Balaban J connectivity index is 1.65. The lowest BCUT2D eigenvalue weighted by molar-refractivity contribution is 0.239. The SMILES string of the molecule is CCSc1ncc(-c2cn(C[C@@H]3CCCN(S(C)(=O)=O)C3)nn2)cn1. The molecule has 136 valence electrons. The van der Waals surface area contributed by atoms with Gasteiger partial charge in [0, 0.05) is 37.6 Å². The van der Waals surface area contributed by atoms with E-state index in [4.69, 9.17) is 0 Å². The van der Waals surface area contributed by atoms with E-state index in [0.717, 1.165) is 35.0 Å². The van der Waals surface area contributed by atoms with Crippen molar-refractivity contribution in [3.05, 3.63) is 18.6 Å². The van der Waals surface area contributed by atoms with E-state index >= 15 is 0 Å². The molecule has 1 atom stereocenters. The van der Waals surface area contributed by atoms with Gasteiger partial charge in [-0.3, -0.25) is 4.68 Å². The van der Waals surface area contributed by atoms with Gasteiger partial charge < -0.3 is 0 Å². The Morgan fingerprint density at radius 3 is 2.76 bits per heavy atom. The Labute approximate surface area is 152 Å². The molecule has 1 aliphatic rings. The third-order valence-electron chi connectivity index (χ3n) is 4.13. The van der Waals surface area contributed by atoms with Gasteiger partial charge in [0.1, 0.15) is 5.69 Å². The van der Waals surface area contributed by atoms with E-state index < -0.39 is 10.0 Å². The fourth-order valence-corrected chi connectivity index (χ4v) is 4.37. The van der Waals surface area contributed by atoms with Crippen LogP contribution in [0.3, 0.4) is 0 Å². The van der Waals surface area contributed by atoms with Gasteiger partial charge >= 0.3 is 0 Å². The summed E-state index contributed by atoms with van der Waals surface area (Å²) in [5.41, 5.74) is 1.55. The lowest BCUT2D eigenvalue weighted by Gasteiger charge is -2.30. The second-order valence-corrected chi connectivity index (χ2v) is 9.36. The number of thioether (sulfide) groups is 1. The molecule has 0 saturated carbocycles. The molecule has 2 aromatic heterocycles. The van der Waals surface area contributed by atoms with Gasteiger partial charge in [0.15, 0.2) is 5.16 Å². The molecule has 3 heterocycles. The molecule has 0 bridgehead atoms. The number of rotatable bonds is 6. The molecule has 1 fully saturated rings. The minimum absolute atomic E-state index is 0.248. The van der Waals surface area contributed by atoms with Crippen molar-refractivity contribution in [2.24, 2.45) is 5.92 Å². The predicted molar refractivity (Wildman–Crippen MR) is 96.6 cm³/mol. The van der Waals surface area contributed by atoms with Crippen molar-refractivity contribution in [1.82, 2.24) is 29.3 Å². The van der Waals surface area contributed by atoms with E-state index in [9.17, 15) is 8.42 Å². The smallest absolute Gasteiger partial charge is 0.211 e. The molecule has 0 radical (unpaired) electrons. The highest BCUT2D eigenvalue weighted by molar-refractivity contribution is 7.99. The van der Waals surface area contributed by atoms with E-state index in [1.54, 1.807) is 33.1 Å². The highest BCUT2D eigenvalue weighted by atomic mass is 32.2. The van der Waals surface area contributed by atoms with Gasteiger partial charge in [-0.1, -0.05) is 23.9 Å². The molecule has 1 saturated heterocycles. The zero-order valence-electron chi connectivity index (χ0n) is 14.4. The van der Waals surface area contributed by atoms with E-state index in [-0.39, 0.29) is 5.92 Å². The largest absolute Gasteiger partial charge is 0.252 e. The average molecular weight is 383 g/mol. The van der Waals surface area contributed by atoms with Crippen molar-refractivity contribution in [1.29, 1.82) is 0 Å². The van der Waals surface area contributed by atoms with Crippen molar-refractivity contribution < 1.29 is 8.42 Å². The second kappa shape index (κ2) is 7.79. The fourth-order valence-electron chi connectivity index (χ4n) is 2.91. The Morgan fingerprint density at radius 2 is 2.08 bits per heavy atom. The van der Waals surface area contributed by atoms with E-state index in [2.05, 4.69) is 27.2 Å². The van der Waals surface area contributed by atoms with Gasteiger partial charge in [-0.25, -0.2) is 22.7 Å². The van der Waals surface area contributed by atoms with Crippen molar-refractivity contribution >= 4 is 21.8 Å². The van der Waals surface area contributed by atoms with Gasteiger partial charge in [-0.05, 0) is 24.5 Å². The topological polar surface area (TPSA) is 93.9 Å². The first-order valence-electron chi connectivity index (χ1n) is 8.26. The molecular formula is C15H22N6O2S2. The van der Waals surface area contributed by atoms with Gasteiger partial charge in [-0.2, -0.15) is 0 Å². The molecule has 0 unspecified atom stereocenters. The van der Waals surface area contributed by atoms with Crippen LogP contribution in [0.25, 0.3) is 11.3 Å². The Morgan fingerprint density at radius 1 is 1.32 bits per heavy atom. The second-order valence-electron chi connectivity index (χ2n) is 6.14. The normalized spacial score (nSPS) is 19.2. The summed E-state index contributed by atoms with van der Waals surface area (Å²) in [6.45, 7) is 3.87. The standard InChI is InChI=1S/C15H22N6O2S2/c1-3-24-15-16-7-13(8-17-15)14-11-20(19-18-14)9-12-5-4-6-21(10-12)25(2,22)23/h7-8,11-12H,3-6,9-10H2,1-2H3/t12-/m0/s1. The molecule has 0 aromatic carbocycles. The van der Waals surface area contributed by atoms with Crippen LogP contribution in [-0.2, 0) is 16.6 Å². The number of nitrogens with zero attached hydrogens (tertiary/aromatic N) is 6. The van der Waals surface area contributed by atoms with Crippen LogP contribution < -0.4 is 0 Å². The third kappa shape index (κ3) is 4.77. The molecule has 2 aromatic rings. The van der Waals surface area contributed by atoms with Crippen molar-refractivity contribution in [2.75, 3.05) is 25.1 Å². The van der Waals surface area contributed by atoms with Crippen LogP contribution in [0.2, 0.25) is 0 Å². The number of aromatic nitrogens is 5. The van der Waals surface area contributed by atoms with Crippen LogP contribution in [0, 0.1) is 5.92 Å². The molecule has 0 spiro atoms. The van der Waals surface area contributed by atoms with Crippen molar-refractivity contribution in [3.63, 3.8) is 0 Å². The zero-order chi connectivity index (χ0) is 17.9. The van der Waals surface area contributed by atoms with Gasteiger partial charge in [0.05, 0.1) is 12.5 Å². The summed E-state index contributed by atoms with van der Waals surface area (Å²) in [4.78, 5) is 8.62. The summed E-state index contributed by atoms with van der Waals surface area (Å²) < 4.78 is 26.8. The highest BCUT2D eigenvalue weighted by Crippen LogP contribution is 2.21. The minimum atomic E-state index is -3.13. The third-order valence-corrected chi connectivity index (χ3v) is 6.16. The van der Waals surface area contributed by atoms with Crippen LogP contribution in [-0.4, -0.2) is 62.8 Å². The summed E-state index contributed by atoms with van der Waals surface area (Å²) in [5, 5.41) is 9.11. The molecule has 25 heavy (non-hydrogen) atoms. The molecule has 0 N–H and O–H groups in total. The number of piperidine rings is 1. The predicted octanol–water partition coefficient (Wildman–Crippen LogP) is 1.52. The summed E-state index contributed by atoms with van der Waals surface area (Å²) >= 11 is 1.59. The number of hydrogen-bond donors (Lipinski definition) is 0. The lowest BCUT2D eigenvalue weighted by Crippen LogP contribution is -2.40. The van der Waals surface area contributed by atoms with Gasteiger partial charge in [-0.15, -0.1) is 5.10 Å². The minimum Gasteiger partial charge on any atom is -0.252 e. The quantitative estimate of drug-likeness (QED) is 0.552. The number of hydrogen-bond acceptors (Lipinski definition) is 7. The van der Waals surface area contributed by atoms with Crippen LogP contribution in [0.1, 0.15) is 19.8 Å². The van der Waals surface area contributed by atoms with Crippen LogP contribution in [0.5, 0.6) is 0 Å². The first kappa shape index (κ1) is 18.3. The first-order valence-corrected chi connectivity index (χ1v) is 11.1. The molecular weight excluding hydrogens is 360 g/mol. The van der Waals surface area contributed by atoms with E-state index in [0.29, 0.717) is 19.6 Å². The number of sulfonamides is 1. The fraction of sp³-hybridized carbons (Fsp3) is 0.600. The molecule has 1 aliphatic heterocycles.